The van der Waals surface area contributed by atoms with E-state index in [9.17, 15) is 0 Å². The predicted molar refractivity (Wildman–Crippen MR) is 485 cm³/mol. The van der Waals surface area contributed by atoms with Gasteiger partial charge in [-0.15, -0.1) is 0 Å². The summed E-state index contributed by atoms with van der Waals surface area (Å²) in [7, 11) is 0. The van der Waals surface area contributed by atoms with Crippen LogP contribution in [-0.2, 0) is 11.8 Å². The molecule has 16 aromatic rings. The SMILES string of the molecule is CC1(C)c2cc(-c3ccccc3)ccc2-c2ccc(-c3c4ccc(N5CCCCC5C5CCCCN5c5ccc6c(-c7ccc8c(c7)C=CCC8)c7cc(N8CCCCC8)ccc7c(-c7ccc8cc(-c9cccc%10ccccc9%10)ccc8c7)c6c5)cc4c(-c4ccc5ccccc5c4)c4ccc(N5CCCCC5)cc34)cc21. The molecule has 0 amide bonds. The summed E-state index contributed by atoms with van der Waals surface area (Å²) in [6.07, 6.45) is 21.6. The fourth-order valence-electron chi connectivity index (χ4n) is 21.7. The van der Waals surface area contributed by atoms with Crippen molar-refractivity contribution in [3.05, 3.63) is 307 Å². The van der Waals surface area contributed by atoms with Gasteiger partial charge in [0.05, 0.1) is 0 Å². The van der Waals surface area contributed by atoms with Crippen LogP contribution in [0.5, 0.6) is 0 Å². The van der Waals surface area contributed by atoms with Gasteiger partial charge in [-0.2, -0.15) is 0 Å². The van der Waals surface area contributed by atoms with Crippen LogP contribution in [0.2, 0.25) is 0 Å². The lowest BCUT2D eigenvalue weighted by molar-refractivity contribution is 0.338. The van der Waals surface area contributed by atoms with Crippen LogP contribution in [0.25, 0.3) is 159 Å². The second kappa shape index (κ2) is 27.9. The Balaban J connectivity index is 0.708. The highest BCUT2D eigenvalue weighted by Gasteiger charge is 2.39. The first-order valence-corrected chi connectivity index (χ1v) is 42.5. The fraction of sp³-hybridized carbons (Fsp3) is 0.229. The van der Waals surface area contributed by atoms with Gasteiger partial charge in [0, 0.05) is 79.5 Å². The van der Waals surface area contributed by atoms with Crippen molar-refractivity contribution in [1.29, 1.82) is 0 Å². The third kappa shape index (κ3) is 11.7. The third-order valence-corrected chi connectivity index (χ3v) is 27.5. The number of piperidine rings is 4. The number of hydrogen-bond donors (Lipinski definition) is 0. The molecule has 4 heterocycles. The summed E-state index contributed by atoms with van der Waals surface area (Å²) in [5, 5.41) is 18.2. The topological polar surface area (TPSA) is 13.0 Å². The molecule has 4 aliphatic heterocycles. The number of anilines is 4. The molecule has 4 fully saturated rings. The molecule has 113 heavy (non-hydrogen) atoms. The van der Waals surface area contributed by atoms with Gasteiger partial charge in [-0.3, -0.25) is 0 Å². The molecule has 2 aliphatic carbocycles. The van der Waals surface area contributed by atoms with Gasteiger partial charge in [-0.1, -0.05) is 220 Å². The monoisotopic (exact) mass is 1460 g/mol. The van der Waals surface area contributed by atoms with Crippen molar-refractivity contribution < 1.29 is 0 Å². The lowest BCUT2D eigenvalue weighted by Gasteiger charge is -2.49. The Morgan fingerprint density at radius 3 is 1.30 bits per heavy atom. The number of allylic oxidation sites excluding steroid dienone is 1. The summed E-state index contributed by atoms with van der Waals surface area (Å²) in [6.45, 7) is 11.4. The molecule has 0 aromatic heterocycles. The van der Waals surface area contributed by atoms with Gasteiger partial charge in [0.1, 0.15) is 0 Å². The Hall–Kier alpha value is -11.7. The minimum Gasteiger partial charge on any atom is -0.372 e. The Labute approximate surface area is 665 Å². The van der Waals surface area contributed by atoms with Gasteiger partial charge in [0.25, 0.3) is 0 Å². The standard InChI is InChI=1S/C109H96N4/c1-109(2)101-65-79(71-23-6-3-7-24-71)43-49-91(101)92-50-44-84(66-102(92)109)108-96-54-48-88(70-100(96)106(82-41-36-73-26-9-11-29-76(73)63-82)94-52-46-86(68-98(94)108)111-57-18-5-19-58-111)113-60-21-15-34-104(113)103-33-14-20-59-112(103)87-47-53-95-99(69-87)107(83-42-38-77-61-80(39-37-78(77)64-83)90-32-22-30-74-27-12-13-31-89(74)90)93-51-45-85(110-55-16-4-17-56-110)67-97(93)105(95)81-40-35-72-25-8-10-28-75(72)62-81/h3,6-7,9-13,22-24,26-32,35-54,61-70,103-104H,4-5,8,14-21,25,33-34,55-60H2,1-2H3. The van der Waals surface area contributed by atoms with Crippen LogP contribution in [0.3, 0.4) is 0 Å². The van der Waals surface area contributed by atoms with Crippen LogP contribution >= 0.6 is 0 Å². The third-order valence-electron chi connectivity index (χ3n) is 27.5. The Kier molecular flexibility index (Phi) is 16.8. The van der Waals surface area contributed by atoms with Crippen LogP contribution in [0.4, 0.5) is 22.7 Å². The number of fused-ring (bicyclic) bond motifs is 11. The van der Waals surface area contributed by atoms with Crippen molar-refractivity contribution in [3.8, 4) is 77.9 Å². The zero-order valence-electron chi connectivity index (χ0n) is 65.3. The molecule has 4 nitrogen and oxygen atoms in total. The van der Waals surface area contributed by atoms with Crippen molar-refractivity contribution in [2.24, 2.45) is 0 Å². The summed E-state index contributed by atoms with van der Waals surface area (Å²) in [4.78, 5) is 11.1. The number of aryl methyl sites for hydroxylation is 1. The van der Waals surface area contributed by atoms with Gasteiger partial charge in [-0.25, -0.2) is 0 Å². The van der Waals surface area contributed by atoms with E-state index in [4.69, 9.17) is 0 Å². The van der Waals surface area contributed by atoms with E-state index in [1.807, 2.05) is 0 Å². The molecule has 2 unspecified atom stereocenters. The average molecular weight is 1460 g/mol. The number of hydrogen-bond acceptors (Lipinski definition) is 4. The first-order valence-electron chi connectivity index (χ1n) is 42.5. The summed E-state index contributed by atoms with van der Waals surface area (Å²) in [6, 6.07) is 111. The van der Waals surface area contributed by atoms with E-state index >= 15 is 0 Å². The zero-order chi connectivity index (χ0) is 74.8. The molecule has 0 saturated carbocycles. The fourth-order valence-corrected chi connectivity index (χ4v) is 21.7. The van der Waals surface area contributed by atoms with Crippen LogP contribution in [0.1, 0.15) is 120 Å². The van der Waals surface area contributed by atoms with Crippen molar-refractivity contribution in [2.75, 3.05) is 58.9 Å². The molecular formula is C109H96N4. The molecule has 0 N–H and O–H groups in total. The maximum Gasteiger partial charge on any atom is 0.0493 e. The highest BCUT2D eigenvalue weighted by Crippen LogP contribution is 2.55. The highest BCUT2D eigenvalue weighted by molar-refractivity contribution is 6.25. The van der Waals surface area contributed by atoms with Crippen molar-refractivity contribution in [3.63, 3.8) is 0 Å². The first-order chi connectivity index (χ1) is 55.8. The normalized spacial score (nSPS) is 17.6. The molecule has 0 radical (unpaired) electrons. The maximum atomic E-state index is 2.90. The van der Waals surface area contributed by atoms with Gasteiger partial charge in [0.15, 0.2) is 0 Å². The smallest absolute Gasteiger partial charge is 0.0493 e. The molecule has 0 bridgehead atoms. The van der Waals surface area contributed by atoms with Crippen LogP contribution in [0, 0.1) is 0 Å². The van der Waals surface area contributed by atoms with E-state index in [0.29, 0.717) is 12.1 Å². The highest BCUT2D eigenvalue weighted by atomic mass is 15.3. The lowest BCUT2D eigenvalue weighted by Crippen LogP contribution is -2.56. The van der Waals surface area contributed by atoms with Crippen molar-refractivity contribution >= 4 is 104 Å². The van der Waals surface area contributed by atoms with Crippen LogP contribution in [0.15, 0.2) is 285 Å². The lowest BCUT2D eigenvalue weighted by atomic mass is 9.79. The second-order valence-corrected chi connectivity index (χ2v) is 34.3. The summed E-state index contributed by atoms with van der Waals surface area (Å²) < 4.78 is 0. The molecule has 552 valence electrons. The molecule has 4 saturated heterocycles. The van der Waals surface area contributed by atoms with Gasteiger partial charge < -0.3 is 19.6 Å². The van der Waals surface area contributed by atoms with E-state index in [0.717, 1.165) is 65.0 Å². The van der Waals surface area contributed by atoms with E-state index < -0.39 is 0 Å². The Morgan fingerprint density at radius 2 is 0.708 bits per heavy atom. The van der Waals surface area contributed by atoms with Gasteiger partial charge >= 0.3 is 0 Å². The molecule has 16 aromatic carbocycles. The molecule has 6 aliphatic rings. The van der Waals surface area contributed by atoms with Crippen LogP contribution in [-0.4, -0.2) is 51.4 Å². The number of nitrogens with zero attached hydrogens (tertiary/aromatic N) is 4. The molecule has 22 rings (SSSR count). The predicted octanol–water partition coefficient (Wildman–Crippen LogP) is 28.4. The van der Waals surface area contributed by atoms with Crippen molar-refractivity contribution in [1.82, 2.24) is 0 Å². The van der Waals surface area contributed by atoms with Gasteiger partial charge in [0.2, 0.25) is 0 Å². The molecule has 4 heteroatoms. The maximum absolute atomic E-state index is 2.90. The van der Waals surface area contributed by atoms with Crippen molar-refractivity contribution in [2.45, 2.75) is 121 Å². The Morgan fingerprint density at radius 1 is 0.274 bits per heavy atom. The number of rotatable bonds is 11. The minimum absolute atomic E-state index is 0.212. The molecule has 2 atom stereocenters. The first kappa shape index (κ1) is 68.1. The Bertz CT molecular complexity index is 6540. The second-order valence-electron chi connectivity index (χ2n) is 34.3. The van der Waals surface area contributed by atoms with E-state index in [2.05, 4.69) is 325 Å². The number of benzene rings is 16. The van der Waals surface area contributed by atoms with Crippen LogP contribution < -0.4 is 19.6 Å². The van der Waals surface area contributed by atoms with Gasteiger partial charge in [-0.05, 0) is 350 Å². The summed E-state index contributed by atoms with van der Waals surface area (Å²) in [5.74, 6) is 0. The minimum atomic E-state index is -0.212. The quantitative estimate of drug-likeness (QED) is 0.120. The largest absolute Gasteiger partial charge is 0.372 e. The van der Waals surface area contributed by atoms with E-state index in [-0.39, 0.29) is 5.41 Å². The molecular weight excluding hydrogens is 1370 g/mol. The van der Waals surface area contributed by atoms with E-state index in [1.165, 1.54) is 263 Å². The summed E-state index contributed by atoms with van der Waals surface area (Å²) >= 11 is 0. The molecule has 0 spiro atoms. The summed E-state index contributed by atoms with van der Waals surface area (Å²) in [5.41, 5.74) is 29.0. The average Bonchev–Trinajstić information content (AvgIpc) is 1.71. The zero-order valence-corrected chi connectivity index (χ0v) is 65.3. The van der Waals surface area contributed by atoms with E-state index in [1.54, 1.807) is 0 Å².